The Morgan fingerprint density at radius 2 is 1.62 bits per heavy atom. The average molecular weight is 206 g/mol. The summed E-state index contributed by atoms with van der Waals surface area (Å²) < 4.78 is 26.5. The minimum atomic E-state index is -4.19. The number of rotatable bonds is 2. The monoisotopic (exact) mass is 206 g/mol. The van der Waals surface area contributed by atoms with E-state index in [4.69, 9.17) is 4.10 Å². The third-order valence-electron chi connectivity index (χ3n) is 0.461. The molecule has 0 saturated carbocycles. The minimum absolute atomic E-state index is 0. The van der Waals surface area contributed by atoms with Crippen molar-refractivity contribution in [2.45, 2.75) is 0 Å². The van der Waals surface area contributed by atoms with E-state index in [9.17, 15) is 3.74 Å². The molecule has 0 amide bonds. The van der Waals surface area contributed by atoms with Gasteiger partial charge in [-0.1, -0.05) is 0 Å². The summed E-state index contributed by atoms with van der Waals surface area (Å²) in [6.07, 6.45) is 0. The van der Waals surface area contributed by atoms with Gasteiger partial charge in [0.1, 0.15) is 0 Å². The predicted molar refractivity (Wildman–Crippen MR) is 29.9 cm³/mol. The molecule has 52 valence electrons. The van der Waals surface area contributed by atoms with E-state index in [1.807, 2.05) is 0 Å². The van der Waals surface area contributed by atoms with Crippen LogP contribution in [0.15, 0.2) is 0 Å². The molecule has 0 aromatic carbocycles. The molecule has 0 aliphatic rings. The first-order valence-corrected chi connectivity index (χ1v) is 4.70. The normalized spacial score (nSPS) is 10.4. The van der Waals surface area contributed by atoms with Crippen molar-refractivity contribution in [3.05, 3.63) is 0 Å². The van der Waals surface area contributed by atoms with E-state index in [0.29, 0.717) is 0 Å². The van der Waals surface area contributed by atoms with Gasteiger partial charge in [-0.25, -0.2) is 0 Å². The molecule has 0 aromatic rings. The van der Waals surface area contributed by atoms with Crippen molar-refractivity contribution < 1.29 is 15.3 Å². The van der Waals surface area contributed by atoms with Gasteiger partial charge in [0.05, 0.1) is 0 Å². The van der Waals surface area contributed by atoms with Crippen LogP contribution in [0.3, 0.4) is 0 Å². The summed E-state index contributed by atoms with van der Waals surface area (Å²) in [4.78, 5) is 0. The molecule has 0 aliphatic carbocycles. The summed E-state index contributed by atoms with van der Waals surface area (Å²) in [6.45, 7) is 0. The summed E-state index contributed by atoms with van der Waals surface area (Å²) >= 11 is -4.19. The van der Waals surface area contributed by atoms with Crippen LogP contribution in [0, 0.1) is 0 Å². The second-order valence-electron chi connectivity index (χ2n) is 0.834. The van der Waals surface area contributed by atoms with Crippen LogP contribution in [0.25, 0.3) is 0 Å². The van der Waals surface area contributed by atoms with E-state index in [0.717, 1.165) is 14.2 Å². The third-order valence-corrected chi connectivity index (χ3v) is 2.40. The molecule has 0 unspecified atom stereocenters. The average Bonchev–Trinajstić information content (AvgIpc) is 1.68. The van der Waals surface area contributed by atoms with Gasteiger partial charge in [0.25, 0.3) is 0 Å². The van der Waals surface area contributed by atoms with Crippen molar-refractivity contribution in [3.8, 4) is 0 Å². The topological polar surface area (TPSA) is 55.8 Å². The van der Waals surface area contributed by atoms with E-state index in [1.54, 1.807) is 0 Å². The van der Waals surface area contributed by atoms with Gasteiger partial charge in [0.2, 0.25) is 0 Å². The molecule has 0 saturated heterocycles. The molecule has 8 heavy (non-hydrogen) atoms. The molecule has 0 fully saturated rings. The molecule has 6 heteroatoms. The minimum Gasteiger partial charge on any atom is -0.147 e. The van der Waals surface area contributed by atoms with Crippen LogP contribution in [-0.2, 0) is 11.2 Å². The van der Waals surface area contributed by atoms with E-state index in [-0.39, 0.29) is 12.4 Å². The quantitative estimate of drug-likeness (QED) is 0.623. The van der Waals surface area contributed by atoms with Crippen molar-refractivity contribution in [2.75, 3.05) is 14.2 Å². The Balaban J connectivity index is 0. The second-order valence-corrected chi connectivity index (χ2v) is 4.33. The zero-order chi connectivity index (χ0) is 5.91. The first-order chi connectivity index (χ1) is 3.12. The fourth-order valence-electron chi connectivity index (χ4n) is 0.0745. The summed E-state index contributed by atoms with van der Waals surface area (Å²) in [5.41, 5.74) is 0. The standard InChI is InChI=1S/C2H7AsO4.ClH/c1-6-3(4,5)7-2;/h1-2H3,(H,4,5);1H. The van der Waals surface area contributed by atoms with Gasteiger partial charge in [-0.05, 0) is 0 Å². The van der Waals surface area contributed by atoms with Crippen molar-refractivity contribution in [3.63, 3.8) is 0 Å². The first kappa shape index (κ1) is 11.3. The van der Waals surface area contributed by atoms with Gasteiger partial charge in [-0.3, -0.25) is 0 Å². The van der Waals surface area contributed by atoms with Crippen LogP contribution in [0.1, 0.15) is 0 Å². The van der Waals surface area contributed by atoms with E-state index < -0.39 is 14.5 Å². The largest absolute Gasteiger partial charge is 0.147 e. The van der Waals surface area contributed by atoms with Gasteiger partial charge in [0.15, 0.2) is 0 Å². The second kappa shape index (κ2) is 4.41. The van der Waals surface area contributed by atoms with Crippen LogP contribution in [0.2, 0.25) is 0 Å². The third kappa shape index (κ3) is 4.68. The number of halogens is 1. The van der Waals surface area contributed by atoms with Crippen molar-refractivity contribution >= 4 is 26.9 Å². The summed E-state index contributed by atoms with van der Waals surface area (Å²) in [5, 5.41) is 0. The summed E-state index contributed by atoms with van der Waals surface area (Å²) in [7, 11) is 2.26. The Morgan fingerprint density at radius 1 is 1.38 bits per heavy atom. The van der Waals surface area contributed by atoms with E-state index in [2.05, 4.69) is 7.45 Å². The van der Waals surface area contributed by atoms with Crippen LogP contribution < -0.4 is 0 Å². The molecular weight excluding hydrogens is 198 g/mol. The van der Waals surface area contributed by atoms with Crippen molar-refractivity contribution in [1.82, 2.24) is 0 Å². The van der Waals surface area contributed by atoms with Gasteiger partial charge in [0, 0.05) is 0 Å². The Bertz CT molecular complexity index is 86.0. The zero-order valence-corrected chi connectivity index (χ0v) is 7.22. The Morgan fingerprint density at radius 3 is 1.62 bits per heavy atom. The molecule has 0 aliphatic heterocycles. The Kier molecular flexibility index (Phi) is 6.25. The summed E-state index contributed by atoms with van der Waals surface area (Å²) in [5.74, 6) is 0. The SMILES string of the molecule is CO[As](=O)(O)OC.Cl. The molecule has 0 spiro atoms. The molecule has 0 aromatic heterocycles. The molecule has 0 bridgehead atoms. The Hall–Kier alpha value is 0.528. The number of hydrogen-bond acceptors (Lipinski definition) is 3. The molecule has 0 atom stereocenters. The van der Waals surface area contributed by atoms with Gasteiger partial charge in [-0.2, -0.15) is 0 Å². The van der Waals surface area contributed by atoms with Crippen molar-refractivity contribution in [2.24, 2.45) is 0 Å². The molecular formula is C2H8AsClO4. The van der Waals surface area contributed by atoms with Crippen LogP contribution >= 0.6 is 12.4 Å². The summed E-state index contributed by atoms with van der Waals surface area (Å²) in [6, 6.07) is 0. The first-order valence-electron chi connectivity index (χ1n) is 1.56. The maximum Gasteiger partial charge on any atom is -0.147 e. The van der Waals surface area contributed by atoms with Gasteiger partial charge < -0.3 is 0 Å². The molecule has 0 rings (SSSR count). The molecule has 0 radical (unpaired) electrons. The van der Waals surface area contributed by atoms with Crippen LogP contribution in [0.5, 0.6) is 0 Å². The predicted octanol–water partition coefficient (Wildman–Crippen LogP) is -0.441. The molecule has 1 N–H and O–H groups in total. The van der Waals surface area contributed by atoms with Gasteiger partial charge >= 0.3 is 44.0 Å². The zero-order valence-electron chi connectivity index (χ0n) is 4.53. The van der Waals surface area contributed by atoms with Crippen LogP contribution in [0.4, 0.5) is 0 Å². The molecule has 0 heterocycles. The smallest absolute Gasteiger partial charge is 0.147 e. The van der Waals surface area contributed by atoms with E-state index >= 15 is 0 Å². The maximum atomic E-state index is 10.1. The van der Waals surface area contributed by atoms with Crippen LogP contribution in [-0.4, -0.2) is 32.8 Å². The van der Waals surface area contributed by atoms with Crippen molar-refractivity contribution in [1.29, 1.82) is 0 Å². The maximum absolute atomic E-state index is 10.1. The molecule has 4 nitrogen and oxygen atoms in total. The fourth-order valence-corrected chi connectivity index (χ4v) is 0.387. The fraction of sp³-hybridized carbons (Fsp3) is 1.00. The Labute approximate surface area is 56.9 Å². The van der Waals surface area contributed by atoms with E-state index in [1.165, 1.54) is 0 Å². The number of hydrogen-bond donors (Lipinski definition) is 1. The van der Waals surface area contributed by atoms with Gasteiger partial charge in [-0.15, -0.1) is 12.4 Å².